The van der Waals surface area contributed by atoms with Crippen LogP contribution in [0.3, 0.4) is 0 Å². The van der Waals surface area contributed by atoms with Gasteiger partial charge in [-0.3, -0.25) is 0 Å². The van der Waals surface area contributed by atoms with E-state index in [0.717, 1.165) is 19.0 Å². The van der Waals surface area contributed by atoms with E-state index in [9.17, 15) is 4.39 Å². The molecule has 15 heavy (non-hydrogen) atoms. The fraction of sp³-hybridized carbons (Fsp3) is 0.400. The van der Waals surface area contributed by atoms with E-state index in [1.54, 1.807) is 6.07 Å². The summed E-state index contributed by atoms with van der Waals surface area (Å²) in [5.41, 5.74) is 0.929. The molecule has 0 atom stereocenters. The third kappa shape index (κ3) is 3.62. The molecule has 0 aliphatic carbocycles. The zero-order valence-electron chi connectivity index (χ0n) is 8.70. The largest absolute Gasteiger partial charge is 0.488 e. The molecular weight excluding hydrogens is 196 g/mol. The highest BCUT2D eigenvalue weighted by Crippen LogP contribution is 2.01. The van der Waals surface area contributed by atoms with Gasteiger partial charge in [-0.2, -0.15) is 0 Å². The quantitative estimate of drug-likeness (QED) is 0.474. The van der Waals surface area contributed by atoms with E-state index in [1.165, 1.54) is 6.07 Å². The summed E-state index contributed by atoms with van der Waals surface area (Å²) < 4.78 is 12.9. The summed E-state index contributed by atoms with van der Waals surface area (Å²) in [4.78, 5) is 0. The molecule has 3 N–H and O–H groups in total. The van der Waals surface area contributed by atoms with Gasteiger partial charge in [0.25, 0.3) is 0 Å². The fourth-order valence-electron chi connectivity index (χ4n) is 1.37. The first-order valence-electron chi connectivity index (χ1n) is 5.00. The first-order chi connectivity index (χ1) is 7.15. The first kappa shape index (κ1) is 12.2. The lowest BCUT2D eigenvalue weighted by molar-refractivity contribution is 0.424. The van der Waals surface area contributed by atoms with Crippen molar-refractivity contribution in [3.63, 3.8) is 0 Å². The molecule has 0 spiro atoms. The molecule has 0 aliphatic heterocycles. The van der Waals surface area contributed by atoms with Gasteiger partial charge in [0.15, 0.2) is 0 Å². The smallest absolute Gasteiger partial charge is 0.423 e. The number of benzene rings is 1. The minimum Gasteiger partial charge on any atom is -0.423 e. The highest BCUT2D eigenvalue weighted by Gasteiger charge is 2.16. The molecule has 0 aromatic heterocycles. The van der Waals surface area contributed by atoms with Gasteiger partial charge in [0.2, 0.25) is 0 Å². The zero-order valence-corrected chi connectivity index (χ0v) is 8.70. The average molecular weight is 211 g/mol. The Balaban J connectivity index is 2.77. The van der Waals surface area contributed by atoms with Gasteiger partial charge in [-0.25, -0.2) is 4.39 Å². The first-order valence-corrected chi connectivity index (χ1v) is 5.00. The number of halogens is 1. The predicted octanol–water partition coefficient (Wildman–Crippen LogP) is 0.00510. The standard InChI is InChI=1S/C10H15BFNO2/c1-2-5-13-7-8-3-4-9(12)6-10(8)11(14)15/h3-4,6,13-15H,2,5,7H2,1H3. The summed E-state index contributed by atoms with van der Waals surface area (Å²) in [6.07, 6.45) is 0.998. The summed E-state index contributed by atoms with van der Waals surface area (Å²) in [5.74, 6) is -0.461. The molecule has 3 nitrogen and oxygen atoms in total. The van der Waals surface area contributed by atoms with Gasteiger partial charge >= 0.3 is 7.12 Å². The van der Waals surface area contributed by atoms with Gasteiger partial charge in [0.05, 0.1) is 0 Å². The van der Waals surface area contributed by atoms with E-state index in [4.69, 9.17) is 10.0 Å². The van der Waals surface area contributed by atoms with Crippen LogP contribution in [0.4, 0.5) is 4.39 Å². The molecule has 0 saturated carbocycles. The summed E-state index contributed by atoms with van der Waals surface area (Å²) in [6.45, 7) is 3.40. The van der Waals surface area contributed by atoms with Gasteiger partial charge < -0.3 is 15.4 Å². The Morgan fingerprint density at radius 3 is 2.73 bits per heavy atom. The van der Waals surface area contributed by atoms with Gasteiger partial charge in [0.1, 0.15) is 5.82 Å². The van der Waals surface area contributed by atoms with Crippen molar-refractivity contribution in [2.75, 3.05) is 6.54 Å². The van der Waals surface area contributed by atoms with Crippen LogP contribution in [0.15, 0.2) is 18.2 Å². The summed E-state index contributed by atoms with van der Waals surface area (Å²) in [5, 5.41) is 21.2. The molecule has 0 radical (unpaired) electrons. The molecule has 0 aliphatic rings. The van der Waals surface area contributed by atoms with E-state index >= 15 is 0 Å². The van der Waals surface area contributed by atoms with Gasteiger partial charge in [-0.05, 0) is 36.1 Å². The van der Waals surface area contributed by atoms with E-state index in [1.807, 2.05) is 6.92 Å². The van der Waals surface area contributed by atoms with Crippen molar-refractivity contribution in [3.8, 4) is 0 Å². The number of rotatable bonds is 5. The van der Waals surface area contributed by atoms with Crippen molar-refractivity contribution >= 4 is 12.6 Å². The van der Waals surface area contributed by atoms with E-state index in [0.29, 0.717) is 12.1 Å². The van der Waals surface area contributed by atoms with Gasteiger partial charge in [0, 0.05) is 6.54 Å². The maximum atomic E-state index is 12.9. The van der Waals surface area contributed by atoms with Crippen LogP contribution < -0.4 is 10.8 Å². The number of nitrogens with one attached hydrogen (secondary N) is 1. The molecule has 0 amide bonds. The second-order valence-corrected chi connectivity index (χ2v) is 3.39. The molecule has 0 unspecified atom stereocenters. The maximum absolute atomic E-state index is 12.9. The van der Waals surface area contributed by atoms with E-state index < -0.39 is 12.9 Å². The van der Waals surface area contributed by atoms with Crippen LogP contribution in [0.5, 0.6) is 0 Å². The molecule has 0 heterocycles. The molecule has 0 fully saturated rings. The minimum absolute atomic E-state index is 0.221. The van der Waals surface area contributed by atoms with Crippen LogP contribution in [0.25, 0.3) is 0 Å². The Bertz CT molecular complexity index is 320. The third-order valence-electron chi connectivity index (χ3n) is 2.13. The third-order valence-corrected chi connectivity index (χ3v) is 2.13. The van der Waals surface area contributed by atoms with E-state index in [2.05, 4.69) is 5.32 Å². The average Bonchev–Trinajstić information content (AvgIpc) is 2.20. The Hall–Kier alpha value is -0.905. The van der Waals surface area contributed by atoms with Crippen molar-refractivity contribution in [1.82, 2.24) is 5.32 Å². The molecule has 82 valence electrons. The Morgan fingerprint density at radius 1 is 1.40 bits per heavy atom. The molecule has 1 aromatic carbocycles. The fourth-order valence-corrected chi connectivity index (χ4v) is 1.37. The molecule has 0 bridgehead atoms. The van der Waals surface area contributed by atoms with Crippen LogP contribution in [0, 0.1) is 5.82 Å². The second kappa shape index (κ2) is 5.85. The summed E-state index contributed by atoms with van der Waals surface area (Å²) in [7, 11) is -1.63. The topological polar surface area (TPSA) is 52.5 Å². The molecule has 1 rings (SSSR count). The Labute approximate surface area is 89.1 Å². The zero-order chi connectivity index (χ0) is 11.3. The molecule has 5 heteroatoms. The highest BCUT2D eigenvalue weighted by atomic mass is 19.1. The number of hydrogen-bond acceptors (Lipinski definition) is 3. The normalized spacial score (nSPS) is 10.4. The minimum atomic E-state index is -1.63. The van der Waals surface area contributed by atoms with Crippen LogP contribution >= 0.6 is 0 Å². The summed E-state index contributed by atoms with van der Waals surface area (Å²) >= 11 is 0. The molecule has 0 saturated heterocycles. The van der Waals surface area contributed by atoms with Crippen LogP contribution in [0.1, 0.15) is 18.9 Å². The summed E-state index contributed by atoms with van der Waals surface area (Å²) in [6, 6.07) is 4.02. The van der Waals surface area contributed by atoms with Crippen LogP contribution in [-0.2, 0) is 6.54 Å². The number of hydrogen-bond donors (Lipinski definition) is 3. The SMILES string of the molecule is CCCNCc1ccc(F)cc1B(O)O. The monoisotopic (exact) mass is 211 g/mol. The lowest BCUT2D eigenvalue weighted by Crippen LogP contribution is -2.35. The van der Waals surface area contributed by atoms with Gasteiger partial charge in [-0.1, -0.05) is 13.0 Å². The molecular formula is C10H15BFNO2. The molecule has 1 aromatic rings. The van der Waals surface area contributed by atoms with Crippen molar-refractivity contribution in [2.45, 2.75) is 19.9 Å². The highest BCUT2D eigenvalue weighted by molar-refractivity contribution is 6.59. The van der Waals surface area contributed by atoms with Crippen molar-refractivity contribution in [1.29, 1.82) is 0 Å². The van der Waals surface area contributed by atoms with Crippen LogP contribution in [0.2, 0.25) is 0 Å². The Kier molecular flexibility index (Phi) is 4.75. The van der Waals surface area contributed by atoms with E-state index in [-0.39, 0.29) is 5.46 Å². The van der Waals surface area contributed by atoms with Gasteiger partial charge in [-0.15, -0.1) is 0 Å². The van der Waals surface area contributed by atoms with Crippen LogP contribution in [-0.4, -0.2) is 23.7 Å². The second-order valence-electron chi connectivity index (χ2n) is 3.39. The maximum Gasteiger partial charge on any atom is 0.488 e. The van der Waals surface area contributed by atoms with Crippen molar-refractivity contribution in [2.24, 2.45) is 0 Å². The predicted molar refractivity (Wildman–Crippen MR) is 58.2 cm³/mol. The van der Waals surface area contributed by atoms with Crippen molar-refractivity contribution in [3.05, 3.63) is 29.6 Å². The lowest BCUT2D eigenvalue weighted by atomic mass is 9.77. The lowest BCUT2D eigenvalue weighted by Gasteiger charge is -2.09. The van der Waals surface area contributed by atoms with Crippen molar-refractivity contribution < 1.29 is 14.4 Å². The Morgan fingerprint density at radius 2 is 2.13 bits per heavy atom.